The average Bonchev–Trinajstić information content (AvgIpc) is 2.86. The van der Waals surface area contributed by atoms with Crippen molar-refractivity contribution in [1.29, 1.82) is 0 Å². The molecule has 0 amide bonds. The molecule has 0 radical (unpaired) electrons. The van der Waals surface area contributed by atoms with Gasteiger partial charge in [-0.2, -0.15) is 4.31 Å². The summed E-state index contributed by atoms with van der Waals surface area (Å²) < 4.78 is 27.3. The van der Waals surface area contributed by atoms with Crippen LogP contribution in [0.25, 0.3) is 0 Å². The second kappa shape index (κ2) is 5.71. The van der Waals surface area contributed by atoms with Crippen LogP contribution in [-0.2, 0) is 15.4 Å². The predicted molar refractivity (Wildman–Crippen MR) is 83.9 cm³/mol. The quantitative estimate of drug-likeness (QED) is 0.933. The molecule has 21 heavy (non-hydrogen) atoms. The third-order valence-electron chi connectivity index (χ3n) is 4.17. The highest BCUT2D eigenvalue weighted by molar-refractivity contribution is 7.89. The second-order valence-electron chi connectivity index (χ2n) is 6.82. The van der Waals surface area contributed by atoms with E-state index in [2.05, 4.69) is 20.8 Å². The summed E-state index contributed by atoms with van der Waals surface area (Å²) in [6.45, 7) is 8.41. The average molecular weight is 311 g/mol. The Balaban J connectivity index is 2.49. The number of sulfonamides is 1. The summed E-state index contributed by atoms with van der Waals surface area (Å²) in [6, 6.07) is 5.37. The van der Waals surface area contributed by atoms with E-state index in [1.54, 1.807) is 6.07 Å². The van der Waals surface area contributed by atoms with E-state index in [0.29, 0.717) is 11.4 Å². The molecule has 0 spiro atoms. The lowest BCUT2D eigenvalue weighted by Gasteiger charge is -2.25. The number of nitrogens with zero attached hydrogens (tertiary/aromatic N) is 1. The molecule has 1 aromatic rings. The Morgan fingerprint density at radius 2 is 2.00 bits per heavy atom. The lowest BCUT2D eigenvalue weighted by Crippen LogP contribution is -2.38. The number of aliphatic hydroxyl groups excluding tert-OH is 1. The van der Waals surface area contributed by atoms with Crippen molar-refractivity contribution in [3.63, 3.8) is 0 Å². The number of aryl methyl sites for hydroxylation is 1. The largest absolute Gasteiger partial charge is 0.395 e. The molecular formula is C16H25NO3S. The molecular weight excluding hydrogens is 286 g/mol. The van der Waals surface area contributed by atoms with E-state index in [-0.39, 0.29) is 18.1 Å². The molecule has 1 heterocycles. The van der Waals surface area contributed by atoms with Gasteiger partial charge in [0.2, 0.25) is 10.0 Å². The minimum Gasteiger partial charge on any atom is -0.395 e. The third kappa shape index (κ3) is 3.15. The molecule has 0 unspecified atom stereocenters. The monoisotopic (exact) mass is 311 g/mol. The first kappa shape index (κ1) is 16.5. The number of hydrogen-bond donors (Lipinski definition) is 1. The van der Waals surface area contributed by atoms with E-state index in [4.69, 9.17) is 0 Å². The van der Waals surface area contributed by atoms with Crippen LogP contribution in [0.3, 0.4) is 0 Å². The summed E-state index contributed by atoms with van der Waals surface area (Å²) in [5.74, 6) is 0. The van der Waals surface area contributed by atoms with Gasteiger partial charge in [0.25, 0.3) is 0 Å². The zero-order chi connectivity index (χ0) is 15.8. The highest BCUT2D eigenvalue weighted by Crippen LogP contribution is 2.31. The van der Waals surface area contributed by atoms with Gasteiger partial charge < -0.3 is 5.11 Å². The van der Waals surface area contributed by atoms with Gasteiger partial charge in [-0.15, -0.1) is 0 Å². The normalized spacial score (nSPS) is 20.9. The first-order valence-electron chi connectivity index (χ1n) is 7.42. The summed E-state index contributed by atoms with van der Waals surface area (Å²) in [7, 11) is -3.54. The van der Waals surface area contributed by atoms with Crippen LogP contribution in [0.2, 0.25) is 0 Å². The Morgan fingerprint density at radius 3 is 2.57 bits per heavy atom. The van der Waals surface area contributed by atoms with Crippen LogP contribution in [0.5, 0.6) is 0 Å². The van der Waals surface area contributed by atoms with Crippen molar-refractivity contribution in [2.24, 2.45) is 0 Å². The van der Waals surface area contributed by atoms with Crippen LogP contribution < -0.4 is 0 Å². The van der Waals surface area contributed by atoms with Crippen molar-refractivity contribution < 1.29 is 13.5 Å². The van der Waals surface area contributed by atoms with Gasteiger partial charge in [0.05, 0.1) is 11.5 Å². The second-order valence-corrected chi connectivity index (χ2v) is 8.68. The van der Waals surface area contributed by atoms with Gasteiger partial charge in [0.1, 0.15) is 0 Å². The van der Waals surface area contributed by atoms with Crippen molar-refractivity contribution in [2.45, 2.75) is 56.9 Å². The number of aliphatic hydroxyl groups is 1. The van der Waals surface area contributed by atoms with Gasteiger partial charge in [0.15, 0.2) is 0 Å². The lowest BCUT2D eigenvalue weighted by molar-refractivity contribution is 0.213. The smallest absolute Gasteiger partial charge is 0.243 e. The third-order valence-corrected chi connectivity index (χ3v) is 6.27. The maximum Gasteiger partial charge on any atom is 0.243 e. The Labute approximate surface area is 127 Å². The number of hydrogen-bond acceptors (Lipinski definition) is 3. The Hall–Kier alpha value is -0.910. The van der Waals surface area contributed by atoms with Crippen molar-refractivity contribution in [1.82, 2.24) is 4.31 Å². The highest BCUT2D eigenvalue weighted by atomic mass is 32.2. The Bertz CT molecular complexity index is 617. The van der Waals surface area contributed by atoms with Gasteiger partial charge >= 0.3 is 0 Å². The van der Waals surface area contributed by atoms with E-state index in [1.165, 1.54) is 4.31 Å². The molecule has 1 N–H and O–H groups in total. The molecule has 1 aliphatic rings. The molecule has 1 atom stereocenters. The number of benzene rings is 1. The van der Waals surface area contributed by atoms with Crippen molar-refractivity contribution in [3.05, 3.63) is 29.3 Å². The van der Waals surface area contributed by atoms with Gasteiger partial charge in [-0.25, -0.2) is 8.42 Å². The van der Waals surface area contributed by atoms with Gasteiger partial charge in [-0.3, -0.25) is 0 Å². The van der Waals surface area contributed by atoms with E-state index in [0.717, 1.165) is 24.0 Å². The summed E-state index contributed by atoms with van der Waals surface area (Å²) in [6.07, 6.45) is 1.54. The first-order valence-corrected chi connectivity index (χ1v) is 8.86. The zero-order valence-corrected chi connectivity index (χ0v) is 14.1. The van der Waals surface area contributed by atoms with Crippen molar-refractivity contribution in [2.75, 3.05) is 13.2 Å². The molecule has 118 valence electrons. The lowest BCUT2D eigenvalue weighted by atomic mass is 9.87. The van der Waals surface area contributed by atoms with Crippen LogP contribution in [0.15, 0.2) is 23.1 Å². The maximum atomic E-state index is 12.9. The van der Waals surface area contributed by atoms with Gasteiger partial charge in [-0.1, -0.05) is 32.9 Å². The van der Waals surface area contributed by atoms with E-state index in [9.17, 15) is 13.5 Å². The number of rotatable bonds is 3. The fourth-order valence-corrected chi connectivity index (χ4v) is 4.72. The molecule has 5 heteroatoms. The van der Waals surface area contributed by atoms with E-state index in [1.807, 2.05) is 19.1 Å². The minimum atomic E-state index is -3.54. The summed E-state index contributed by atoms with van der Waals surface area (Å²) in [5, 5.41) is 9.39. The SMILES string of the molecule is Cc1ccc(C(C)(C)C)cc1S(=O)(=O)N1CCC[C@H]1CO. The standard InChI is InChI=1S/C16H25NO3S/c1-12-7-8-13(16(2,3)4)10-15(12)21(19,20)17-9-5-6-14(17)11-18/h7-8,10,14,18H,5-6,9,11H2,1-4H3/t14-/m0/s1. The molecule has 0 aromatic heterocycles. The van der Waals surface area contributed by atoms with Crippen LogP contribution >= 0.6 is 0 Å². The van der Waals surface area contributed by atoms with Crippen LogP contribution in [0.1, 0.15) is 44.7 Å². The van der Waals surface area contributed by atoms with Gasteiger partial charge in [0, 0.05) is 12.6 Å². The Kier molecular flexibility index (Phi) is 4.47. The summed E-state index contributed by atoms with van der Waals surface area (Å²) in [5.41, 5.74) is 1.66. The van der Waals surface area contributed by atoms with Crippen LogP contribution in [0, 0.1) is 6.92 Å². The molecule has 1 saturated heterocycles. The molecule has 2 rings (SSSR count). The summed E-state index contributed by atoms with van der Waals surface area (Å²) >= 11 is 0. The minimum absolute atomic E-state index is 0.0979. The van der Waals surface area contributed by atoms with Crippen LogP contribution in [0.4, 0.5) is 0 Å². The topological polar surface area (TPSA) is 57.6 Å². The van der Waals surface area contributed by atoms with Crippen LogP contribution in [-0.4, -0.2) is 37.0 Å². The molecule has 0 aliphatic carbocycles. The van der Waals surface area contributed by atoms with Crippen molar-refractivity contribution in [3.8, 4) is 0 Å². The fourth-order valence-electron chi connectivity index (χ4n) is 2.78. The summed E-state index contributed by atoms with van der Waals surface area (Å²) in [4.78, 5) is 0.371. The van der Waals surface area contributed by atoms with E-state index < -0.39 is 10.0 Å². The Morgan fingerprint density at radius 1 is 1.33 bits per heavy atom. The van der Waals surface area contributed by atoms with E-state index >= 15 is 0 Å². The molecule has 0 bridgehead atoms. The fraction of sp³-hybridized carbons (Fsp3) is 0.625. The molecule has 0 saturated carbocycles. The molecule has 1 aromatic carbocycles. The zero-order valence-electron chi connectivity index (χ0n) is 13.3. The van der Waals surface area contributed by atoms with Crippen molar-refractivity contribution >= 4 is 10.0 Å². The first-order chi connectivity index (χ1) is 9.67. The molecule has 4 nitrogen and oxygen atoms in total. The van der Waals surface area contributed by atoms with Gasteiger partial charge in [-0.05, 0) is 42.4 Å². The molecule has 1 aliphatic heterocycles. The predicted octanol–water partition coefficient (Wildman–Crippen LogP) is 2.44. The highest BCUT2D eigenvalue weighted by Gasteiger charge is 2.36. The maximum absolute atomic E-state index is 12.9. The molecule has 1 fully saturated rings.